The number of amides is 2. The smallest absolute Gasteiger partial charge is 0.307 e. The predicted octanol–water partition coefficient (Wildman–Crippen LogP) is 4.16. The van der Waals surface area contributed by atoms with Crippen LogP contribution in [0, 0.1) is 0 Å². The van der Waals surface area contributed by atoms with Crippen LogP contribution < -0.4 is 10.7 Å². The summed E-state index contributed by atoms with van der Waals surface area (Å²) >= 11 is 0. The van der Waals surface area contributed by atoms with Crippen LogP contribution >= 0.6 is 0 Å². The van der Waals surface area contributed by atoms with Gasteiger partial charge >= 0.3 is 6.03 Å². The molecule has 132 valence electrons. The number of hydrogen-bond donors (Lipinski definition) is 2. The lowest BCUT2D eigenvalue weighted by atomic mass is 10.1. The van der Waals surface area contributed by atoms with Crippen molar-refractivity contribution < 1.29 is 4.79 Å². The molecule has 0 saturated heterocycles. The molecule has 2 N–H and O–H groups in total. The molecule has 4 rings (SSSR count). The van der Waals surface area contributed by atoms with Gasteiger partial charge in [-0.3, -0.25) is 4.40 Å². The lowest BCUT2D eigenvalue weighted by Crippen LogP contribution is -2.24. The number of nitrogens with zero attached hydrogens (tertiary/aromatic N) is 3. The minimum atomic E-state index is -0.410. The fraction of sp³-hybridized carbons (Fsp3) is 0. The number of anilines is 1. The molecule has 0 spiro atoms. The average Bonchev–Trinajstić information content (AvgIpc) is 3.08. The van der Waals surface area contributed by atoms with E-state index in [4.69, 9.17) is 4.98 Å². The third-order valence-corrected chi connectivity index (χ3v) is 4.00. The highest BCUT2D eigenvalue weighted by Gasteiger charge is 2.12. The number of hydrazone groups is 1. The van der Waals surface area contributed by atoms with Crippen LogP contribution in [0.15, 0.2) is 90.2 Å². The molecular weight excluding hydrogens is 338 g/mol. The monoisotopic (exact) mass is 355 g/mol. The number of benzene rings is 2. The van der Waals surface area contributed by atoms with E-state index in [1.807, 2.05) is 77.3 Å². The number of urea groups is 1. The predicted molar refractivity (Wildman–Crippen MR) is 107 cm³/mol. The van der Waals surface area contributed by atoms with Gasteiger partial charge in [-0.25, -0.2) is 15.2 Å². The van der Waals surface area contributed by atoms with Gasteiger partial charge in [0.1, 0.15) is 5.65 Å². The first-order chi connectivity index (χ1) is 13.3. The number of pyridine rings is 1. The zero-order chi connectivity index (χ0) is 18.5. The van der Waals surface area contributed by atoms with Gasteiger partial charge in [-0.2, -0.15) is 5.10 Å². The summed E-state index contributed by atoms with van der Waals surface area (Å²) in [4.78, 5) is 16.7. The van der Waals surface area contributed by atoms with Crippen molar-refractivity contribution in [3.8, 4) is 11.3 Å². The Hall–Kier alpha value is -3.93. The first-order valence-corrected chi connectivity index (χ1v) is 8.49. The maximum Gasteiger partial charge on any atom is 0.339 e. The van der Waals surface area contributed by atoms with Crippen LogP contribution in [0.25, 0.3) is 16.9 Å². The molecule has 0 atom stereocenters. The second-order valence-electron chi connectivity index (χ2n) is 5.83. The zero-order valence-electron chi connectivity index (χ0n) is 14.4. The van der Waals surface area contributed by atoms with Crippen LogP contribution in [0.3, 0.4) is 0 Å². The molecule has 0 aliphatic rings. The number of fused-ring (bicyclic) bond motifs is 1. The Balaban J connectivity index is 1.59. The molecule has 27 heavy (non-hydrogen) atoms. The SMILES string of the molecule is O=C(N/N=C/c1c(-c2ccccc2)nc2ccccn12)Nc1ccccc1. The maximum absolute atomic E-state index is 12.0. The van der Waals surface area contributed by atoms with Crippen molar-refractivity contribution in [2.45, 2.75) is 0 Å². The molecule has 2 aromatic carbocycles. The summed E-state index contributed by atoms with van der Waals surface area (Å²) in [6.45, 7) is 0. The number of imidazole rings is 1. The van der Waals surface area contributed by atoms with Crippen LogP contribution in [0.1, 0.15) is 5.69 Å². The van der Waals surface area contributed by atoms with Gasteiger partial charge in [0.2, 0.25) is 0 Å². The van der Waals surface area contributed by atoms with Crippen molar-refractivity contribution in [2.75, 3.05) is 5.32 Å². The number of carbonyl (C=O) groups excluding carboxylic acids is 1. The third kappa shape index (κ3) is 3.69. The number of nitrogens with one attached hydrogen (secondary N) is 2. The van der Waals surface area contributed by atoms with Crippen LogP contribution in [0.2, 0.25) is 0 Å². The summed E-state index contributed by atoms with van der Waals surface area (Å²) in [5, 5.41) is 6.82. The molecule has 0 aliphatic carbocycles. The van der Waals surface area contributed by atoms with Gasteiger partial charge in [0.25, 0.3) is 0 Å². The fourth-order valence-electron chi connectivity index (χ4n) is 2.78. The van der Waals surface area contributed by atoms with E-state index in [1.54, 1.807) is 18.3 Å². The van der Waals surface area contributed by atoms with Gasteiger partial charge < -0.3 is 5.32 Å². The standard InChI is InChI=1S/C21H17N5O/c27-21(23-17-11-5-2-6-12-17)25-22-15-18-20(16-9-3-1-4-10-16)24-19-13-7-8-14-26(18)19/h1-15H,(H2,23,25,27)/b22-15+. The van der Waals surface area contributed by atoms with E-state index in [1.165, 1.54) is 0 Å². The van der Waals surface area contributed by atoms with Gasteiger partial charge in [-0.1, -0.05) is 54.6 Å². The van der Waals surface area contributed by atoms with Gasteiger partial charge in [0.15, 0.2) is 0 Å². The summed E-state index contributed by atoms with van der Waals surface area (Å²) in [6.07, 6.45) is 3.52. The average molecular weight is 355 g/mol. The summed E-state index contributed by atoms with van der Waals surface area (Å²) in [7, 11) is 0. The molecule has 0 fully saturated rings. The number of carbonyl (C=O) groups is 1. The van der Waals surface area contributed by atoms with Crippen molar-refractivity contribution in [1.82, 2.24) is 14.8 Å². The minimum Gasteiger partial charge on any atom is -0.307 e. The first-order valence-electron chi connectivity index (χ1n) is 8.49. The number of aromatic nitrogens is 2. The summed E-state index contributed by atoms with van der Waals surface area (Å²) < 4.78 is 1.93. The lowest BCUT2D eigenvalue weighted by molar-refractivity contribution is 0.252. The maximum atomic E-state index is 12.0. The topological polar surface area (TPSA) is 70.8 Å². The Morgan fingerprint density at radius 1 is 0.926 bits per heavy atom. The molecule has 0 saturated carbocycles. The molecule has 6 heteroatoms. The highest BCUT2D eigenvalue weighted by atomic mass is 16.2. The molecule has 6 nitrogen and oxygen atoms in total. The molecule has 0 bridgehead atoms. The van der Waals surface area contributed by atoms with Crippen LogP contribution in [-0.4, -0.2) is 21.6 Å². The molecule has 0 aliphatic heterocycles. The normalized spacial score (nSPS) is 11.0. The minimum absolute atomic E-state index is 0.410. The molecular formula is C21H17N5O. The van der Waals surface area contributed by atoms with Crippen LogP contribution in [-0.2, 0) is 0 Å². The van der Waals surface area contributed by atoms with E-state index in [2.05, 4.69) is 15.8 Å². The molecule has 4 aromatic rings. The first kappa shape index (κ1) is 16.5. The number of para-hydroxylation sites is 1. The fourth-order valence-corrected chi connectivity index (χ4v) is 2.78. The second kappa shape index (κ2) is 7.53. The van der Waals surface area contributed by atoms with E-state index in [9.17, 15) is 4.79 Å². The number of hydrogen-bond acceptors (Lipinski definition) is 3. The van der Waals surface area contributed by atoms with E-state index >= 15 is 0 Å². The Morgan fingerprint density at radius 3 is 2.41 bits per heavy atom. The van der Waals surface area contributed by atoms with Crippen LogP contribution in [0.5, 0.6) is 0 Å². The van der Waals surface area contributed by atoms with E-state index in [0.29, 0.717) is 5.69 Å². The van der Waals surface area contributed by atoms with E-state index < -0.39 is 6.03 Å². The highest BCUT2D eigenvalue weighted by Crippen LogP contribution is 2.23. The Morgan fingerprint density at radius 2 is 1.63 bits per heavy atom. The van der Waals surface area contributed by atoms with Gasteiger partial charge in [0, 0.05) is 17.4 Å². The van der Waals surface area contributed by atoms with Gasteiger partial charge in [0.05, 0.1) is 17.6 Å². The zero-order valence-corrected chi connectivity index (χ0v) is 14.4. The van der Waals surface area contributed by atoms with E-state index in [0.717, 1.165) is 22.6 Å². The van der Waals surface area contributed by atoms with Crippen molar-refractivity contribution in [1.29, 1.82) is 0 Å². The molecule has 2 aromatic heterocycles. The van der Waals surface area contributed by atoms with Gasteiger partial charge in [-0.05, 0) is 24.3 Å². The summed E-state index contributed by atoms with van der Waals surface area (Å²) in [5.41, 5.74) is 6.57. The Labute approximate surface area is 156 Å². The van der Waals surface area contributed by atoms with Crippen molar-refractivity contribution in [3.63, 3.8) is 0 Å². The highest BCUT2D eigenvalue weighted by molar-refractivity contribution is 5.92. The van der Waals surface area contributed by atoms with Crippen LogP contribution in [0.4, 0.5) is 10.5 Å². The van der Waals surface area contributed by atoms with Crippen molar-refractivity contribution >= 4 is 23.6 Å². The Kier molecular flexibility index (Phi) is 4.61. The summed E-state index contributed by atoms with van der Waals surface area (Å²) in [6, 6.07) is 24.5. The second-order valence-corrected chi connectivity index (χ2v) is 5.83. The molecule has 2 heterocycles. The van der Waals surface area contributed by atoms with Crippen molar-refractivity contribution in [3.05, 3.63) is 90.8 Å². The largest absolute Gasteiger partial charge is 0.339 e. The summed E-state index contributed by atoms with van der Waals surface area (Å²) in [5.74, 6) is 0. The van der Waals surface area contributed by atoms with E-state index in [-0.39, 0.29) is 0 Å². The van der Waals surface area contributed by atoms with Crippen molar-refractivity contribution in [2.24, 2.45) is 5.10 Å². The Bertz CT molecular complexity index is 1090. The number of rotatable bonds is 4. The molecule has 2 amide bonds. The molecule has 0 radical (unpaired) electrons. The molecule has 0 unspecified atom stereocenters. The van der Waals surface area contributed by atoms with Gasteiger partial charge in [-0.15, -0.1) is 0 Å². The quantitative estimate of drug-likeness (QED) is 0.426. The lowest BCUT2D eigenvalue weighted by Gasteiger charge is -2.04. The third-order valence-electron chi connectivity index (χ3n) is 4.00.